The molecule has 0 aliphatic carbocycles. The number of hydrogen-bond acceptors (Lipinski definition) is 4. The van der Waals surface area contributed by atoms with Gasteiger partial charge in [-0.25, -0.2) is 8.78 Å². The van der Waals surface area contributed by atoms with Gasteiger partial charge in [-0.2, -0.15) is 5.26 Å². The van der Waals surface area contributed by atoms with E-state index in [0.29, 0.717) is 15.6 Å². The molecule has 0 saturated heterocycles. The number of thiophene rings is 1. The van der Waals surface area contributed by atoms with Crippen LogP contribution in [0.4, 0.5) is 19.5 Å². The van der Waals surface area contributed by atoms with Gasteiger partial charge in [-0.05, 0) is 6.07 Å². The normalized spacial score (nSPS) is 10.0. The van der Waals surface area contributed by atoms with Crippen molar-refractivity contribution in [3.8, 4) is 6.07 Å². The summed E-state index contributed by atoms with van der Waals surface area (Å²) >= 11 is 1.07. The minimum atomic E-state index is -2.41. The zero-order valence-corrected chi connectivity index (χ0v) is 7.37. The van der Waals surface area contributed by atoms with Gasteiger partial charge < -0.3 is 11.1 Å². The van der Waals surface area contributed by atoms with Gasteiger partial charge in [0.15, 0.2) is 0 Å². The van der Waals surface area contributed by atoms with E-state index in [4.69, 9.17) is 11.0 Å². The third-order valence-corrected chi connectivity index (χ3v) is 2.31. The lowest BCUT2D eigenvalue weighted by Gasteiger charge is -1.99. The lowest BCUT2D eigenvalue weighted by Crippen LogP contribution is -2.08. The SMILES string of the molecule is N#Cc1sc(NCC(F)F)cc1N. The molecule has 0 aliphatic heterocycles. The molecule has 1 heterocycles. The van der Waals surface area contributed by atoms with Crippen LogP contribution in [0, 0.1) is 11.3 Å². The van der Waals surface area contributed by atoms with Crippen LogP contribution >= 0.6 is 11.3 Å². The second-order valence-electron chi connectivity index (χ2n) is 2.28. The molecule has 1 aromatic heterocycles. The van der Waals surface area contributed by atoms with Gasteiger partial charge in [0, 0.05) is 0 Å². The van der Waals surface area contributed by atoms with Crippen molar-refractivity contribution in [2.75, 3.05) is 17.6 Å². The van der Waals surface area contributed by atoms with E-state index in [1.807, 2.05) is 6.07 Å². The predicted octanol–water partition coefficient (Wildman–Crippen LogP) is 1.88. The first-order valence-electron chi connectivity index (χ1n) is 3.45. The maximum Gasteiger partial charge on any atom is 0.255 e. The summed E-state index contributed by atoms with van der Waals surface area (Å²) in [6.45, 7) is -0.426. The molecular formula is C7H7F2N3S. The monoisotopic (exact) mass is 203 g/mol. The smallest absolute Gasteiger partial charge is 0.255 e. The van der Waals surface area contributed by atoms with Gasteiger partial charge >= 0.3 is 0 Å². The zero-order valence-electron chi connectivity index (χ0n) is 6.55. The Balaban J connectivity index is 2.64. The number of nitrogens with zero attached hydrogens (tertiary/aromatic N) is 1. The molecule has 1 rings (SSSR count). The summed E-state index contributed by atoms with van der Waals surface area (Å²) < 4.78 is 23.5. The quantitative estimate of drug-likeness (QED) is 0.788. The Morgan fingerprint density at radius 2 is 2.38 bits per heavy atom. The number of anilines is 2. The number of rotatable bonds is 3. The third kappa shape index (κ3) is 2.56. The maximum atomic E-state index is 11.8. The van der Waals surface area contributed by atoms with Crippen molar-refractivity contribution in [1.82, 2.24) is 0 Å². The second-order valence-corrected chi connectivity index (χ2v) is 3.33. The molecule has 0 fully saturated rings. The summed E-state index contributed by atoms with van der Waals surface area (Å²) in [5, 5.41) is 11.5. The Morgan fingerprint density at radius 3 is 2.85 bits per heavy atom. The van der Waals surface area contributed by atoms with Crippen LogP contribution in [0.1, 0.15) is 4.88 Å². The summed E-state index contributed by atoms with van der Waals surface area (Å²) in [6, 6.07) is 3.35. The van der Waals surface area contributed by atoms with Crippen molar-refractivity contribution in [3.05, 3.63) is 10.9 Å². The van der Waals surface area contributed by atoms with E-state index >= 15 is 0 Å². The second kappa shape index (κ2) is 4.05. The Morgan fingerprint density at radius 1 is 1.69 bits per heavy atom. The van der Waals surface area contributed by atoms with Gasteiger partial charge in [0.1, 0.15) is 10.9 Å². The zero-order chi connectivity index (χ0) is 9.84. The third-order valence-electron chi connectivity index (χ3n) is 1.29. The fourth-order valence-corrected chi connectivity index (χ4v) is 1.54. The molecular weight excluding hydrogens is 196 g/mol. The molecule has 0 spiro atoms. The van der Waals surface area contributed by atoms with Crippen LogP contribution in [0.2, 0.25) is 0 Å². The molecule has 1 aromatic rings. The van der Waals surface area contributed by atoms with Crippen LogP contribution in [-0.4, -0.2) is 13.0 Å². The summed E-state index contributed by atoms with van der Waals surface area (Å²) in [5.41, 5.74) is 5.74. The first-order valence-corrected chi connectivity index (χ1v) is 4.26. The average Bonchev–Trinajstić information content (AvgIpc) is 2.43. The number of nitrogen functional groups attached to an aromatic ring is 1. The minimum absolute atomic E-state index is 0.323. The van der Waals surface area contributed by atoms with Crippen molar-refractivity contribution < 1.29 is 8.78 Å². The van der Waals surface area contributed by atoms with Crippen molar-refractivity contribution >= 4 is 22.0 Å². The summed E-state index contributed by atoms with van der Waals surface area (Å²) in [5.74, 6) is 0. The van der Waals surface area contributed by atoms with Gasteiger partial charge in [0.25, 0.3) is 6.43 Å². The highest BCUT2D eigenvalue weighted by Gasteiger charge is 2.07. The molecule has 0 bridgehead atoms. The molecule has 0 aromatic carbocycles. The Kier molecular flexibility index (Phi) is 3.03. The largest absolute Gasteiger partial charge is 0.397 e. The van der Waals surface area contributed by atoms with Crippen LogP contribution in [0.25, 0.3) is 0 Å². The van der Waals surface area contributed by atoms with Crippen molar-refractivity contribution in [2.45, 2.75) is 6.43 Å². The molecule has 0 saturated carbocycles. The molecule has 3 N–H and O–H groups in total. The number of nitriles is 1. The van der Waals surface area contributed by atoms with E-state index in [0.717, 1.165) is 11.3 Å². The average molecular weight is 203 g/mol. The molecule has 0 unspecified atom stereocenters. The van der Waals surface area contributed by atoms with E-state index in [2.05, 4.69) is 5.32 Å². The van der Waals surface area contributed by atoms with Gasteiger partial charge in [0.2, 0.25) is 0 Å². The lowest BCUT2D eigenvalue weighted by atomic mass is 10.4. The molecule has 0 atom stereocenters. The Labute approximate surface area is 77.8 Å². The molecule has 0 amide bonds. The van der Waals surface area contributed by atoms with E-state index in [1.165, 1.54) is 6.07 Å². The highest BCUT2D eigenvalue weighted by molar-refractivity contribution is 7.17. The standard InChI is InChI=1S/C7H7F2N3S/c8-6(9)3-12-7-1-4(11)5(2-10)13-7/h1,6,12H,3,11H2. The van der Waals surface area contributed by atoms with Gasteiger partial charge in [0.05, 0.1) is 17.2 Å². The van der Waals surface area contributed by atoms with Crippen molar-refractivity contribution in [3.63, 3.8) is 0 Å². The minimum Gasteiger partial charge on any atom is -0.397 e. The summed E-state index contributed by atoms with van der Waals surface area (Å²) in [6.07, 6.45) is -2.41. The van der Waals surface area contributed by atoms with E-state index in [9.17, 15) is 8.78 Å². The van der Waals surface area contributed by atoms with Crippen molar-refractivity contribution in [1.29, 1.82) is 5.26 Å². The highest BCUT2D eigenvalue weighted by atomic mass is 32.1. The van der Waals surface area contributed by atoms with Crippen LogP contribution in [0.15, 0.2) is 6.07 Å². The fraction of sp³-hybridized carbons (Fsp3) is 0.286. The predicted molar refractivity (Wildman–Crippen MR) is 47.9 cm³/mol. The summed E-state index contributed by atoms with van der Waals surface area (Å²) in [4.78, 5) is 0.344. The summed E-state index contributed by atoms with van der Waals surface area (Å²) in [7, 11) is 0. The highest BCUT2D eigenvalue weighted by Crippen LogP contribution is 2.28. The first-order chi connectivity index (χ1) is 6.13. The molecule has 6 heteroatoms. The van der Waals surface area contributed by atoms with Crippen LogP contribution < -0.4 is 11.1 Å². The van der Waals surface area contributed by atoms with Gasteiger partial charge in [-0.15, -0.1) is 11.3 Å². The van der Waals surface area contributed by atoms with Crippen LogP contribution in [-0.2, 0) is 0 Å². The number of halogens is 2. The number of nitrogens with one attached hydrogen (secondary N) is 1. The van der Waals surface area contributed by atoms with Crippen LogP contribution in [0.5, 0.6) is 0 Å². The van der Waals surface area contributed by atoms with E-state index in [-0.39, 0.29) is 0 Å². The van der Waals surface area contributed by atoms with Gasteiger partial charge in [-0.3, -0.25) is 0 Å². The molecule has 3 nitrogen and oxygen atoms in total. The van der Waals surface area contributed by atoms with Crippen molar-refractivity contribution in [2.24, 2.45) is 0 Å². The van der Waals surface area contributed by atoms with Gasteiger partial charge in [-0.1, -0.05) is 0 Å². The van der Waals surface area contributed by atoms with Crippen LogP contribution in [0.3, 0.4) is 0 Å². The number of alkyl halides is 2. The maximum absolute atomic E-state index is 11.8. The number of nitrogens with two attached hydrogens (primary N) is 1. The Bertz CT molecular complexity index is 329. The molecule has 0 aliphatic rings. The molecule has 13 heavy (non-hydrogen) atoms. The van der Waals surface area contributed by atoms with E-state index < -0.39 is 13.0 Å². The topological polar surface area (TPSA) is 61.8 Å². The molecule has 0 radical (unpaired) electrons. The Hall–Kier alpha value is -1.35. The fourth-order valence-electron chi connectivity index (χ4n) is 0.757. The molecule has 70 valence electrons. The van der Waals surface area contributed by atoms with E-state index in [1.54, 1.807) is 0 Å². The first kappa shape index (κ1) is 9.74. The lowest BCUT2D eigenvalue weighted by molar-refractivity contribution is 0.163. The number of hydrogen-bond donors (Lipinski definition) is 2.